The van der Waals surface area contributed by atoms with E-state index in [1.807, 2.05) is 6.92 Å². The summed E-state index contributed by atoms with van der Waals surface area (Å²) in [7, 11) is 1.72. The Bertz CT molecular complexity index is 180. The Hall–Kier alpha value is -0.900. The van der Waals surface area contributed by atoms with Crippen LogP contribution in [0.4, 0.5) is 0 Å². The second-order valence-electron chi connectivity index (χ2n) is 3.24. The number of hydrogen-bond acceptors (Lipinski definition) is 3. The van der Waals surface area contributed by atoms with E-state index in [0.29, 0.717) is 19.4 Å². The molecule has 1 unspecified atom stereocenters. The van der Waals surface area contributed by atoms with Gasteiger partial charge in [-0.25, -0.2) is 0 Å². The Morgan fingerprint density at radius 3 is 2.46 bits per heavy atom. The third-order valence-electron chi connectivity index (χ3n) is 1.67. The van der Waals surface area contributed by atoms with Crippen molar-refractivity contribution in [2.75, 3.05) is 13.6 Å². The van der Waals surface area contributed by atoms with E-state index < -0.39 is 0 Å². The summed E-state index contributed by atoms with van der Waals surface area (Å²) in [6.45, 7) is 3.78. The van der Waals surface area contributed by atoms with E-state index in [9.17, 15) is 9.59 Å². The molecule has 0 saturated heterocycles. The molecule has 0 aromatic rings. The van der Waals surface area contributed by atoms with Crippen LogP contribution < -0.4 is 10.6 Å². The molecule has 4 heteroatoms. The Balaban J connectivity index is 3.55. The zero-order chi connectivity index (χ0) is 10.3. The summed E-state index contributed by atoms with van der Waals surface area (Å²) in [4.78, 5) is 21.7. The second kappa shape index (κ2) is 6.60. The first-order valence-electron chi connectivity index (χ1n) is 4.49. The maximum atomic E-state index is 11.0. The molecule has 0 spiro atoms. The smallest absolute Gasteiger partial charge is 0.234 e. The van der Waals surface area contributed by atoms with Crippen LogP contribution in [-0.4, -0.2) is 31.3 Å². The van der Waals surface area contributed by atoms with Gasteiger partial charge in [0.15, 0.2) is 0 Å². The summed E-state index contributed by atoms with van der Waals surface area (Å²) in [5.74, 6) is 0.133. The Labute approximate surface area is 79.1 Å². The lowest BCUT2D eigenvalue weighted by Gasteiger charge is -2.12. The van der Waals surface area contributed by atoms with Crippen LogP contribution in [0.3, 0.4) is 0 Å². The van der Waals surface area contributed by atoms with Gasteiger partial charge in [-0.2, -0.15) is 0 Å². The van der Waals surface area contributed by atoms with Crippen molar-refractivity contribution in [3.63, 3.8) is 0 Å². The first-order chi connectivity index (χ1) is 6.06. The van der Waals surface area contributed by atoms with Crippen molar-refractivity contribution in [3.05, 3.63) is 0 Å². The molecule has 76 valence electrons. The topological polar surface area (TPSA) is 58.2 Å². The van der Waals surface area contributed by atoms with E-state index in [1.165, 1.54) is 0 Å². The summed E-state index contributed by atoms with van der Waals surface area (Å²) >= 11 is 0. The number of Topliss-reactive ketones (excluding diaryl/α,β-unsaturated/α-hetero) is 1. The maximum absolute atomic E-state index is 11.0. The van der Waals surface area contributed by atoms with Crippen LogP contribution in [0.2, 0.25) is 0 Å². The monoisotopic (exact) mass is 186 g/mol. The summed E-state index contributed by atoms with van der Waals surface area (Å²) in [6.07, 6.45) is 1.24. The lowest BCUT2D eigenvalue weighted by Crippen LogP contribution is -2.38. The van der Waals surface area contributed by atoms with Crippen molar-refractivity contribution in [2.24, 2.45) is 0 Å². The lowest BCUT2D eigenvalue weighted by molar-refractivity contribution is -0.121. The number of amides is 1. The summed E-state index contributed by atoms with van der Waals surface area (Å²) in [6, 6.07) is 0.0738. The van der Waals surface area contributed by atoms with Crippen molar-refractivity contribution in [1.29, 1.82) is 0 Å². The molecule has 0 aromatic carbocycles. The van der Waals surface area contributed by atoms with E-state index in [0.717, 1.165) is 0 Å². The maximum Gasteiger partial charge on any atom is 0.234 e. The minimum absolute atomic E-state index is 0.0291. The fourth-order valence-corrected chi connectivity index (χ4v) is 0.978. The predicted octanol–water partition coefficient (Wildman–Crippen LogP) is 0.0797. The van der Waals surface area contributed by atoms with Crippen molar-refractivity contribution in [3.8, 4) is 0 Å². The van der Waals surface area contributed by atoms with E-state index >= 15 is 0 Å². The minimum Gasteiger partial charge on any atom is -0.353 e. The Morgan fingerprint density at radius 1 is 1.38 bits per heavy atom. The number of nitrogens with one attached hydrogen (secondary N) is 2. The Morgan fingerprint density at radius 2 is 2.00 bits per heavy atom. The highest BCUT2D eigenvalue weighted by Crippen LogP contribution is 1.96. The molecule has 0 aliphatic heterocycles. The van der Waals surface area contributed by atoms with Crippen LogP contribution >= 0.6 is 0 Å². The molecule has 2 N–H and O–H groups in total. The number of ketones is 1. The minimum atomic E-state index is -0.0291. The number of carbonyl (C=O) groups excluding carboxylic acids is 2. The first kappa shape index (κ1) is 12.1. The molecule has 0 aromatic heterocycles. The van der Waals surface area contributed by atoms with Gasteiger partial charge in [-0.1, -0.05) is 0 Å². The van der Waals surface area contributed by atoms with Crippen LogP contribution in [0.25, 0.3) is 0 Å². The van der Waals surface area contributed by atoms with Gasteiger partial charge in [0.1, 0.15) is 5.78 Å². The molecule has 0 saturated carbocycles. The van der Waals surface area contributed by atoms with Gasteiger partial charge < -0.3 is 15.4 Å². The summed E-state index contributed by atoms with van der Waals surface area (Å²) in [5, 5.41) is 5.54. The largest absolute Gasteiger partial charge is 0.353 e. The SMILES string of the molecule is CNCC(=O)NC(C)CCC(C)=O. The highest BCUT2D eigenvalue weighted by Gasteiger charge is 2.06. The van der Waals surface area contributed by atoms with Gasteiger partial charge in [-0.3, -0.25) is 4.79 Å². The third-order valence-corrected chi connectivity index (χ3v) is 1.67. The Kier molecular flexibility index (Phi) is 6.14. The van der Waals surface area contributed by atoms with Gasteiger partial charge in [0.2, 0.25) is 5.91 Å². The van der Waals surface area contributed by atoms with E-state index in [2.05, 4.69) is 10.6 Å². The standard InChI is InChI=1S/C9H18N2O2/c1-7(4-5-8(2)12)11-9(13)6-10-3/h7,10H,4-6H2,1-3H3,(H,11,13). The molecule has 1 amide bonds. The van der Waals surface area contributed by atoms with Crippen molar-refractivity contribution >= 4 is 11.7 Å². The molecular weight excluding hydrogens is 168 g/mol. The van der Waals surface area contributed by atoms with Crippen LogP contribution in [-0.2, 0) is 9.59 Å². The van der Waals surface area contributed by atoms with Crippen LogP contribution in [0.15, 0.2) is 0 Å². The average molecular weight is 186 g/mol. The van der Waals surface area contributed by atoms with Crippen molar-refractivity contribution < 1.29 is 9.59 Å². The number of likely N-dealkylation sites (N-methyl/N-ethyl adjacent to an activating group) is 1. The number of carbonyl (C=O) groups is 2. The van der Waals surface area contributed by atoms with Crippen LogP contribution in [0, 0.1) is 0 Å². The van der Waals surface area contributed by atoms with Gasteiger partial charge in [0, 0.05) is 12.5 Å². The molecule has 4 nitrogen and oxygen atoms in total. The normalized spacial score (nSPS) is 12.2. The van der Waals surface area contributed by atoms with Crippen molar-refractivity contribution in [2.45, 2.75) is 32.7 Å². The van der Waals surface area contributed by atoms with Gasteiger partial charge in [0.25, 0.3) is 0 Å². The molecule has 0 bridgehead atoms. The summed E-state index contributed by atoms with van der Waals surface area (Å²) in [5.41, 5.74) is 0. The highest BCUT2D eigenvalue weighted by atomic mass is 16.2. The average Bonchev–Trinajstić information content (AvgIpc) is 2.01. The van der Waals surface area contributed by atoms with Crippen LogP contribution in [0.1, 0.15) is 26.7 Å². The molecule has 0 heterocycles. The third kappa shape index (κ3) is 7.46. The molecule has 0 rings (SSSR count). The lowest BCUT2D eigenvalue weighted by atomic mass is 10.1. The molecule has 13 heavy (non-hydrogen) atoms. The number of hydrogen-bond donors (Lipinski definition) is 2. The van der Waals surface area contributed by atoms with Gasteiger partial charge >= 0.3 is 0 Å². The fraction of sp³-hybridized carbons (Fsp3) is 0.778. The highest BCUT2D eigenvalue weighted by molar-refractivity contribution is 5.78. The molecule has 1 atom stereocenters. The zero-order valence-corrected chi connectivity index (χ0v) is 8.52. The van der Waals surface area contributed by atoms with Gasteiger partial charge in [-0.15, -0.1) is 0 Å². The zero-order valence-electron chi connectivity index (χ0n) is 8.52. The van der Waals surface area contributed by atoms with Crippen molar-refractivity contribution in [1.82, 2.24) is 10.6 Å². The van der Waals surface area contributed by atoms with E-state index in [4.69, 9.17) is 0 Å². The predicted molar refractivity (Wildman–Crippen MR) is 51.4 cm³/mol. The molecule has 0 radical (unpaired) electrons. The first-order valence-corrected chi connectivity index (χ1v) is 4.49. The van der Waals surface area contributed by atoms with Gasteiger partial charge in [-0.05, 0) is 27.3 Å². The quantitative estimate of drug-likeness (QED) is 0.617. The molecule has 0 aliphatic carbocycles. The fourth-order valence-electron chi connectivity index (χ4n) is 0.978. The number of rotatable bonds is 6. The van der Waals surface area contributed by atoms with E-state index in [1.54, 1.807) is 14.0 Å². The van der Waals surface area contributed by atoms with Gasteiger partial charge in [0.05, 0.1) is 6.54 Å². The van der Waals surface area contributed by atoms with Crippen LogP contribution in [0.5, 0.6) is 0 Å². The summed E-state index contributed by atoms with van der Waals surface area (Å²) < 4.78 is 0. The molecular formula is C9H18N2O2. The van der Waals surface area contributed by atoms with E-state index in [-0.39, 0.29) is 17.7 Å². The molecule has 0 fully saturated rings. The second-order valence-corrected chi connectivity index (χ2v) is 3.24. The molecule has 0 aliphatic rings.